The van der Waals surface area contributed by atoms with E-state index in [0.29, 0.717) is 11.5 Å². The van der Waals surface area contributed by atoms with E-state index in [-0.39, 0.29) is 0 Å². The lowest BCUT2D eigenvalue weighted by molar-refractivity contribution is 0.192. The van der Waals surface area contributed by atoms with Gasteiger partial charge in [-0.3, -0.25) is 4.90 Å². The van der Waals surface area contributed by atoms with Gasteiger partial charge >= 0.3 is 0 Å². The van der Waals surface area contributed by atoms with E-state index in [0.717, 1.165) is 19.6 Å². The molecule has 1 aliphatic rings. The molecule has 1 unspecified atom stereocenters. The van der Waals surface area contributed by atoms with Crippen molar-refractivity contribution in [2.45, 2.75) is 53.6 Å². The Balaban J connectivity index is 2.05. The molecular weight excluding hydrogens is 244 g/mol. The highest BCUT2D eigenvalue weighted by Gasteiger charge is 2.27. The van der Waals surface area contributed by atoms with Crippen molar-refractivity contribution in [3.05, 3.63) is 34.9 Å². The summed E-state index contributed by atoms with van der Waals surface area (Å²) in [5.74, 6) is 0. The highest BCUT2D eigenvalue weighted by atomic mass is 15.2. The van der Waals surface area contributed by atoms with Crippen LogP contribution in [-0.4, -0.2) is 30.6 Å². The van der Waals surface area contributed by atoms with Gasteiger partial charge in [0.1, 0.15) is 0 Å². The van der Waals surface area contributed by atoms with Crippen molar-refractivity contribution in [1.82, 2.24) is 10.2 Å². The molecule has 1 heterocycles. The largest absolute Gasteiger partial charge is 0.312 e. The zero-order valence-corrected chi connectivity index (χ0v) is 13.8. The van der Waals surface area contributed by atoms with Crippen LogP contribution in [0.15, 0.2) is 18.2 Å². The first-order valence-electron chi connectivity index (χ1n) is 7.88. The first kappa shape index (κ1) is 15.5. The minimum Gasteiger partial charge on any atom is -0.312 e. The van der Waals surface area contributed by atoms with E-state index in [4.69, 9.17) is 0 Å². The van der Waals surface area contributed by atoms with Gasteiger partial charge in [0, 0.05) is 19.1 Å². The zero-order valence-electron chi connectivity index (χ0n) is 13.8. The summed E-state index contributed by atoms with van der Waals surface area (Å²) in [6.07, 6.45) is 1.25. The average Bonchev–Trinajstić information content (AvgIpc) is 2.59. The van der Waals surface area contributed by atoms with Gasteiger partial charge in [-0.15, -0.1) is 0 Å². The summed E-state index contributed by atoms with van der Waals surface area (Å²) in [6.45, 7) is 16.0. The average molecular weight is 274 g/mol. The van der Waals surface area contributed by atoms with Crippen LogP contribution in [0.3, 0.4) is 0 Å². The molecule has 1 saturated heterocycles. The van der Waals surface area contributed by atoms with Crippen molar-refractivity contribution >= 4 is 0 Å². The van der Waals surface area contributed by atoms with Gasteiger partial charge in [-0.25, -0.2) is 0 Å². The second-order valence-electron chi connectivity index (χ2n) is 7.38. The zero-order chi connectivity index (χ0) is 14.8. The summed E-state index contributed by atoms with van der Waals surface area (Å²) in [6, 6.07) is 7.46. The van der Waals surface area contributed by atoms with E-state index in [9.17, 15) is 0 Å². The third-order valence-corrected chi connectivity index (χ3v) is 4.51. The number of nitrogens with zero attached hydrogens (tertiary/aromatic N) is 1. The Bertz CT molecular complexity index is 445. The summed E-state index contributed by atoms with van der Waals surface area (Å²) in [7, 11) is 0. The Morgan fingerprint density at radius 3 is 2.60 bits per heavy atom. The van der Waals surface area contributed by atoms with Crippen molar-refractivity contribution in [2.24, 2.45) is 5.41 Å². The second kappa shape index (κ2) is 6.28. The van der Waals surface area contributed by atoms with Crippen molar-refractivity contribution in [3.8, 4) is 0 Å². The van der Waals surface area contributed by atoms with E-state index >= 15 is 0 Å². The maximum atomic E-state index is 3.72. The summed E-state index contributed by atoms with van der Waals surface area (Å²) < 4.78 is 0. The molecule has 2 rings (SSSR count). The molecule has 0 aliphatic carbocycles. The predicted molar refractivity (Wildman–Crippen MR) is 87.1 cm³/mol. The molecule has 1 aromatic rings. The molecule has 1 aromatic carbocycles. The van der Waals surface area contributed by atoms with Crippen LogP contribution in [-0.2, 0) is 6.54 Å². The van der Waals surface area contributed by atoms with E-state index in [1.54, 1.807) is 0 Å². The van der Waals surface area contributed by atoms with Gasteiger partial charge in [0.2, 0.25) is 0 Å². The van der Waals surface area contributed by atoms with Gasteiger partial charge in [0.25, 0.3) is 0 Å². The SMILES string of the molecule is Cc1ccc(CN2CCCNC(C(C)(C)C)C2)cc1C. The molecule has 0 saturated carbocycles. The molecule has 0 amide bonds. The molecule has 0 bridgehead atoms. The maximum absolute atomic E-state index is 3.72. The molecule has 1 aliphatic heterocycles. The summed E-state index contributed by atoms with van der Waals surface area (Å²) >= 11 is 0. The van der Waals surface area contributed by atoms with E-state index in [2.05, 4.69) is 63.0 Å². The first-order valence-corrected chi connectivity index (χ1v) is 7.88. The minimum absolute atomic E-state index is 0.325. The fourth-order valence-electron chi connectivity index (χ4n) is 2.88. The number of nitrogens with one attached hydrogen (secondary N) is 1. The van der Waals surface area contributed by atoms with Gasteiger partial charge in [-0.05, 0) is 55.5 Å². The van der Waals surface area contributed by atoms with Crippen molar-refractivity contribution in [1.29, 1.82) is 0 Å². The van der Waals surface area contributed by atoms with E-state index in [1.807, 2.05) is 0 Å². The summed E-state index contributed by atoms with van der Waals surface area (Å²) in [5, 5.41) is 3.72. The predicted octanol–water partition coefficient (Wildman–Crippen LogP) is 3.51. The second-order valence-corrected chi connectivity index (χ2v) is 7.38. The molecule has 0 spiro atoms. The molecule has 1 fully saturated rings. The highest BCUT2D eigenvalue weighted by molar-refractivity contribution is 5.29. The molecule has 0 radical (unpaired) electrons. The van der Waals surface area contributed by atoms with E-state index in [1.165, 1.54) is 29.7 Å². The Morgan fingerprint density at radius 1 is 1.20 bits per heavy atom. The molecule has 112 valence electrons. The first-order chi connectivity index (χ1) is 9.36. The Kier molecular flexibility index (Phi) is 4.87. The molecule has 1 atom stereocenters. The smallest absolute Gasteiger partial charge is 0.0243 e. The lowest BCUT2D eigenvalue weighted by Crippen LogP contribution is -2.46. The minimum atomic E-state index is 0.325. The van der Waals surface area contributed by atoms with Crippen LogP contribution in [0.4, 0.5) is 0 Å². The molecule has 0 aromatic heterocycles. The van der Waals surface area contributed by atoms with Gasteiger partial charge in [-0.2, -0.15) is 0 Å². The van der Waals surface area contributed by atoms with Crippen molar-refractivity contribution < 1.29 is 0 Å². The third kappa shape index (κ3) is 4.07. The molecule has 20 heavy (non-hydrogen) atoms. The lowest BCUT2D eigenvalue weighted by atomic mass is 9.86. The maximum Gasteiger partial charge on any atom is 0.0243 e. The fourth-order valence-corrected chi connectivity index (χ4v) is 2.88. The summed E-state index contributed by atoms with van der Waals surface area (Å²) in [5.41, 5.74) is 4.57. The number of hydrogen-bond acceptors (Lipinski definition) is 2. The van der Waals surface area contributed by atoms with Crippen LogP contribution < -0.4 is 5.32 Å². The number of benzene rings is 1. The number of aryl methyl sites for hydroxylation is 2. The Hall–Kier alpha value is -0.860. The molecule has 2 nitrogen and oxygen atoms in total. The quantitative estimate of drug-likeness (QED) is 0.888. The van der Waals surface area contributed by atoms with Crippen LogP contribution in [0, 0.1) is 19.3 Å². The molecule has 1 N–H and O–H groups in total. The van der Waals surface area contributed by atoms with Crippen molar-refractivity contribution in [3.63, 3.8) is 0 Å². The van der Waals surface area contributed by atoms with Crippen LogP contribution in [0.5, 0.6) is 0 Å². The fraction of sp³-hybridized carbons (Fsp3) is 0.667. The highest BCUT2D eigenvalue weighted by Crippen LogP contribution is 2.22. The normalized spacial score (nSPS) is 21.8. The van der Waals surface area contributed by atoms with E-state index < -0.39 is 0 Å². The van der Waals surface area contributed by atoms with Crippen LogP contribution in [0.1, 0.15) is 43.9 Å². The topological polar surface area (TPSA) is 15.3 Å². The van der Waals surface area contributed by atoms with Gasteiger partial charge in [0.15, 0.2) is 0 Å². The van der Waals surface area contributed by atoms with Gasteiger partial charge < -0.3 is 5.32 Å². The van der Waals surface area contributed by atoms with Gasteiger partial charge in [0.05, 0.1) is 0 Å². The summed E-state index contributed by atoms with van der Waals surface area (Å²) in [4.78, 5) is 2.61. The standard InChI is InChI=1S/C18H30N2/c1-14-7-8-16(11-15(14)2)12-20-10-6-9-19-17(13-20)18(3,4)5/h7-8,11,17,19H,6,9-10,12-13H2,1-5H3. The third-order valence-electron chi connectivity index (χ3n) is 4.51. The monoisotopic (exact) mass is 274 g/mol. The Morgan fingerprint density at radius 2 is 1.95 bits per heavy atom. The van der Waals surface area contributed by atoms with Crippen LogP contribution >= 0.6 is 0 Å². The number of rotatable bonds is 2. The lowest BCUT2D eigenvalue weighted by Gasteiger charge is -2.33. The Labute approximate surface area is 124 Å². The molecular formula is C18H30N2. The van der Waals surface area contributed by atoms with Crippen LogP contribution in [0.2, 0.25) is 0 Å². The van der Waals surface area contributed by atoms with Crippen molar-refractivity contribution in [2.75, 3.05) is 19.6 Å². The number of hydrogen-bond donors (Lipinski definition) is 1. The van der Waals surface area contributed by atoms with Crippen LogP contribution in [0.25, 0.3) is 0 Å². The molecule has 2 heteroatoms. The van der Waals surface area contributed by atoms with Gasteiger partial charge in [-0.1, -0.05) is 39.0 Å².